The van der Waals surface area contributed by atoms with Gasteiger partial charge in [0.25, 0.3) is 0 Å². The number of halogens is 1. The number of hydrogen-bond donors (Lipinski definition) is 0. The highest BCUT2D eigenvalue weighted by molar-refractivity contribution is 6.16. The number of anilines is 1. The molecule has 0 N–H and O–H groups in total. The van der Waals surface area contributed by atoms with Crippen LogP contribution in [-0.2, 0) is 9.59 Å². The molecule has 0 radical (unpaired) electrons. The second-order valence-corrected chi connectivity index (χ2v) is 9.19. The van der Waals surface area contributed by atoms with Gasteiger partial charge in [0.1, 0.15) is 12.1 Å². The molecule has 2 amide bonds. The number of benzene rings is 2. The number of rotatable bonds is 5. The Kier molecular flexibility index (Phi) is 5.09. The van der Waals surface area contributed by atoms with Crippen LogP contribution < -0.4 is 4.90 Å². The average Bonchev–Trinajstić information content (AvgIpc) is 3.78. The number of imide groups is 1. The lowest BCUT2D eigenvalue weighted by atomic mass is 9.99. The number of fused-ring (bicyclic) bond motifs is 1. The molecule has 0 aliphatic heterocycles. The van der Waals surface area contributed by atoms with Crippen molar-refractivity contribution in [2.75, 3.05) is 4.90 Å². The Hall–Kier alpha value is -4.07. The number of aromatic nitrogens is 4. The SMILES string of the molecule is Cc1ncnc2ccc(-c3cnc(N(C(=O)C4CC4)C(=O)C4CC4)nc3-c3ccc(F)cc3)cc12. The molecule has 174 valence electrons. The quantitative estimate of drug-likeness (QED) is 0.389. The molecule has 0 spiro atoms. The monoisotopic (exact) mass is 467 g/mol. The summed E-state index contributed by atoms with van der Waals surface area (Å²) in [6, 6.07) is 11.8. The molecule has 7 nitrogen and oxygen atoms in total. The predicted octanol–water partition coefficient (Wildman–Crippen LogP) is 4.88. The zero-order chi connectivity index (χ0) is 24.1. The Balaban J connectivity index is 1.52. The molecule has 2 aliphatic rings. The molecule has 2 aromatic carbocycles. The van der Waals surface area contributed by atoms with Gasteiger partial charge in [-0.05, 0) is 74.6 Å². The van der Waals surface area contributed by atoms with Gasteiger partial charge in [0.05, 0.1) is 11.2 Å². The molecule has 0 atom stereocenters. The smallest absolute Gasteiger partial charge is 0.239 e. The van der Waals surface area contributed by atoms with Crippen LogP contribution in [0.3, 0.4) is 0 Å². The second-order valence-electron chi connectivity index (χ2n) is 9.19. The van der Waals surface area contributed by atoms with Gasteiger partial charge in [-0.15, -0.1) is 0 Å². The van der Waals surface area contributed by atoms with Crippen LogP contribution in [0.4, 0.5) is 10.3 Å². The van der Waals surface area contributed by atoms with E-state index in [-0.39, 0.29) is 35.4 Å². The van der Waals surface area contributed by atoms with E-state index in [0.29, 0.717) is 16.8 Å². The second kappa shape index (κ2) is 8.30. The van der Waals surface area contributed by atoms with Crippen LogP contribution in [0.1, 0.15) is 31.4 Å². The first kappa shape index (κ1) is 21.5. The summed E-state index contributed by atoms with van der Waals surface area (Å²) in [5.41, 5.74) is 4.36. The fourth-order valence-corrected chi connectivity index (χ4v) is 4.20. The van der Waals surface area contributed by atoms with E-state index in [1.165, 1.54) is 23.4 Å². The lowest BCUT2D eigenvalue weighted by Gasteiger charge is -2.20. The number of hydrogen-bond acceptors (Lipinski definition) is 6. The van der Waals surface area contributed by atoms with Crippen molar-refractivity contribution in [2.45, 2.75) is 32.6 Å². The number of carbonyl (C=O) groups is 2. The van der Waals surface area contributed by atoms with Crippen LogP contribution in [0.25, 0.3) is 33.3 Å². The minimum Gasteiger partial charge on any atom is -0.274 e. The maximum absolute atomic E-state index is 13.7. The molecular weight excluding hydrogens is 445 g/mol. The van der Waals surface area contributed by atoms with Crippen LogP contribution in [0.5, 0.6) is 0 Å². The largest absolute Gasteiger partial charge is 0.274 e. The topological polar surface area (TPSA) is 88.9 Å². The van der Waals surface area contributed by atoms with Crippen molar-refractivity contribution < 1.29 is 14.0 Å². The predicted molar refractivity (Wildman–Crippen MR) is 129 cm³/mol. The van der Waals surface area contributed by atoms with Gasteiger partial charge in [0.2, 0.25) is 17.8 Å². The fraction of sp³-hybridized carbons (Fsp3) is 0.259. The molecule has 0 bridgehead atoms. The van der Waals surface area contributed by atoms with Gasteiger partial charge >= 0.3 is 0 Å². The highest BCUT2D eigenvalue weighted by Crippen LogP contribution is 2.38. The first-order valence-electron chi connectivity index (χ1n) is 11.7. The van der Waals surface area contributed by atoms with Crippen molar-refractivity contribution in [3.05, 3.63) is 66.5 Å². The third-order valence-electron chi connectivity index (χ3n) is 6.53. The summed E-state index contributed by atoms with van der Waals surface area (Å²) in [6.07, 6.45) is 6.25. The maximum Gasteiger partial charge on any atom is 0.239 e. The zero-order valence-corrected chi connectivity index (χ0v) is 19.1. The summed E-state index contributed by atoms with van der Waals surface area (Å²) in [7, 11) is 0. The lowest BCUT2D eigenvalue weighted by molar-refractivity contribution is -0.128. The van der Waals surface area contributed by atoms with E-state index < -0.39 is 0 Å². The maximum atomic E-state index is 13.7. The number of aryl methyl sites for hydroxylation is 1. The van der Waals surface area contributed by atoms with Crippen LogP contribution >= 0.6 is 0 Å². The van der Waals surface area contributed by atoms with Gasteiger partial charge in [0.15, 0.2) is 0 Å². The third kappa shape index (κ3) is 4.05. The molecule has 2 saturated carbocycles. The summed E-state index contributed by atoms with van der Waals surface area (Å²) >= 11 is 0. The molecule has 2 fully saturated rings. The molecule has 2 aromatic heterocycles. The van der Waals surface area contributed by atoms with E-state index in [1.807, 2.05) is 25.1 Å². The minimum atomic E-state index is -0.363. The van der Waals surface area contributed by atoms with Gasteiger partial charge in [-0.2, -0.15) is 0 Å². The molecule has 2 heterocycles. The lowest BCUT2D eigenvalue weighted by Crippen LogP contribution is -2.40. The Bertz CT molecular complexity index is 1460. The van der Waals surface area contributed by atoms with E-state index in [4.69, 9.17) is 4.98 Å². The van der Waals surface area contributed by atoms with Crippen molar-refractivity contribution in [3.63, 3.8) is 0 Å². The highest BCUT2D eigenvalue weighted by atomic mass is 19.1. The number of amides is 2. The van der Waals surface area contributed by atoms with E-state index in [1.54, 1.807) is 18.3 Å². The standard InChI is InChI=1S/C27H22FN5O2/c1-15-21-12-19(8-11-23(21)31-14-30-15)22-13-29-27(32-24(22)16-6-9-20(28)10-7-16)33(25(34)17-2-3-17)26(35)18-4-5-18/h6-14,17-18H,2-5H2,1H3. The average molecular weight is 468 g/mol. The van der Waals surface area contributed by atoms with Crippen LogP contribution in [-0.4, -0.2) is 31.8 Å². The first-order valence-corrected chi connectivity index (χ1v) is 11.7. The van der Waals surface area contributed by atoms with E-state index in [9.17, 15) is 14.0 Å². The molecule has 0 saturated heterocycles. The van der Waals surface area contributed by atoms with Crippen LogP contribution in [0.15, 0.2) is 55.0 Å². The summed E-state index contributed by atoms with van der Waals surface area (Å²) in [5.74, 6) is -1.08. The molecule has 35 heavy (non-hydrogen) atoms. The van der Waals surface area contributed by atoms with Crippen molar-refractivity contribution in [3.8, 4) is 22.4 Å². The first-order chi connectivity index (χ1) is 17.0. The third-order valence-corrected chi connectivity index (χ3v) is 6.53. The summed E-state index contributed by atoms with van der Waals surface area (Å²) < 4.78 is 13.7. The Labute approximate surface area is 201 Å². The minimum absolute atomic E-state index is 0.0715. The number of nitrogens with zero attached hydrogens (tertiary/aromatic N) is 5. The molecule has 0 unspecified atom stereocenters. The van der Waals surface area contributed by atoms with Crippen LogP contribution in [0, 0.1) is 24.6 Å². The fourth-order valence-electron chi connectivity index (χ4n) is 4.20. The Morgan fingerprint density at radius 1 is 0.886 bits per heavy atom. The van der Waals surface area contributed by atoms with Gasteiger partial charge in [0, 0.05) is 40.2 Å². The van der Waals surface area contributed by atoms with E-state index in [0.717, 1.165) is 47.8 Å². The van der Waals surface area contributed by atoms with E-state index in [2.05, 4.69) is 15.0 Å². The Morgan fingerprint density at radius 3 is 2.20 bits per heavy atom. The van der Waals surface area contributed by atoms with Gasteiger partial charge in [-0.1, -0.05) is 6.07 Å². The van der Waals surface area contributed by atoms with Crippen molar-refractivity contribution >= 4 is 28.7 Å². The summed E-state index contributed by atoms with van der Waals surface area (Å²) in [4.78, 5) is 45.2. The van der Waals surface area contributed by atoms with Gasteiger partial charge < -0.3 is 0 Å². The molecule has 4 aromatic rings. The van der Waals surface area contributed by atoms with Crippen molar-refractivity contribution in [2.24, 2.45) is 11.8 Å². The van der Waals surface area contributed by atoms with Gasteiger partial charge in [-0.3, -0.25) is 9.59 Å². The molecule has 8 heteroatoms. The number of carbonyl (C=O) groups excluding carboxylic acids is 2. The molecular formula is C27H22FN5O2. The normalized spacial score (nSPS) is 15.3. The molecule has 2 aliphatic carbocycles. The van der Waals surface area contributed by atoms with Crippen molar-refractivity contribution in [1.29, 1.82) is 0 Å². The summed E-state index contributed by atoms with van der Waals surface area (Å²) in [6.45, 7) is 1.92. The van der Waals surface area contributed by atoms with E-state index >= 15 is 0 Å². The summed E-state index contributed by atoms with van der Waals surface area (Å²) in [5, 5.41) is 0.897. The molecule has 6 rings (SSSR count). The Morgan fingerprint density at radius 2 is 1.54 bits per heavy atom. The van der Waals surface area contributed by atoms with Crippen molar-refractivity contribution in [1.82, 2.24) is 19.9 Å². The van der Waals surface area contributed by atoms with Gasteiger partial charge in [-0.25, -0.2) is 29.2 Å². The zero-order valence-electron chi connectivity index (χ0n) is 19.1. The van der Waals surface area contributed by atoms with Crippen LogP contribution in [0.2, 0.25) is 0 Å². The highest BCUT2D eigenvalue weighted by Gasteiger charge is 2.43.